The summed E-state index contributed by atoms with van der Waals surface area (Å²) in [5.74, 6) is 0.0260. The Morgan fingerprint density at radius 2 is 2.23 bits per heavy atom. The summed E-state index contributed by atoms with van der Waals surface area (Å²) in [5, 5.41) is 21.8. The van der Waals surface area contributed by atoms with E-state index in [9.17, 15) is 15.2 Å². The number of hydrogen-bond donors (Lipinski definition) is 2. The van der Waals surface area contributed by atoms with E-state index in [2.05, 4.69) is 5.32 Å². The lowest BCUT2D eigenvalue weighted by Crippen LogP contribution is -2.33. The fraction of sp³-hybridized carbons (Fsp3) is 0.412. The summed E-state index contributed by atoms with van der Waals surface area (Å²) >= 11 is 0. The minimum absolute atomic E-state index is 0.0351. The van der Waals surface area contributed by atoms with Gasteiger partial charge in [-0.15, -0.1) is 0 Å². The number of aromatic hydroxyl groups is 1. The van der Waals surface area contributed by atoms with Gasteiger partial charge >= 0.3 is 0 Å². The number of rotatable bonds is 5. The molecule has 0 atom stereocenters. The summed E-state index contributed by atoms with van der Waals surface area (Å²) in [7, 11) is 0. The Morgan fingerprint density at radius 3 is 2.86 bits per heavy atom. The van der Waals surface area contributed by atoms with Gasteiger partial charge in [-0.1, -0.05) is 18.9 Å². The Balaban J connectivity index is 2.15. The molecule has 1 aromatic carbocycles. The fourth-order valence-corrected chi connectivity index (χ4v) is 2.54. The summed E-state index contributed by atoms with van der Waals surface area (Å²) in [6, 6.07) is 6.84. The first-order valence-electron chi connectivity index (χ1n) is 7.52. The van der Waals surface area contributed by atoms with Crippen LogP contribution in [0, 0.1) is 11.3 Å². The molecule has 0 aliphatic heterocycles. The van der Waals surface area contributed by atoms with E-state index >= 15 is 0 Å². The normalized spacial score (nSPS) is 15.4. The smallest absolute Gasteiger partial charge is 0.262 e. The van der Waals surface area contributed by atoms with Crippen LogP contribution in [0.25, 0.3) is 6.08 Å². The van der Waals surface area contributed by atoms with Crippen LogP contribution in [0.4, 0.5) is 0 Å². The summed E-state index contributed by atoms with van der Waals surface area (Å²) in [5.41, 5.74) is 0.694. The van der Waals surface area contributed by atoms with Gasteiger partial charge in [0.1, 0.15) is 11.6 Å². The lowest BCUT2D eigenvalue weighted by Gasteiger charge is -2.11. The average Bonchev–Trinajstić information content (AvgIpc) is 3.01. The van der Waals surface area contributed by atoms with Crippen molar-refractivity contribution < 1.29 is 14.6 Å². The molecule has 1 saturated carbocycles. The van der Waals surface area contributed by atoms with Crippen molar-refractivity contribution in [2.75, 3.05) is 6.61 Å². The molecular formula is C17H20N2O3. The Hall–Kier alpha value is -2.48. The standard InChI is InChI=1S/C17H20N2O3/c1-2-22-16-10-12(7-8-15(16)20)9-13(11-18)17(21)19-14-5-3-4-6-14/h7-10,14,20H,2-6H2,1H3,(H,19,21)/b13-9-. The maximum atomic E-state index is 12.1. The number of carbonyl (C=O) groups is 1. The van der Waals surface area contributed by atoms with Gasteiger partial charge in [-0.3, -0.25) is 4.79 Å². The van der Waals surface area contributed by atoms with Crippen molar-refractivity contribution >= 4 is 12.0 Å². The number of phenols is 1. The van der Waals surface area contributed by atoms with Gasteiger partial charge in [-0.2, -0.15) is 5.26 Å². The van der Waals surface area contributed by atoms with E-state index in [0.29, 0.717) is 17.9 Å². The zero-order valence-corrected chi connectivity index (χ0v) is 12.6. The van der Waals surface area contributed by atoms with Crippen LogP contribution in [0.1, 0.15) is 38.2 Å². The van der Waals surface area contributed by atoms with Crippen molar-refractivity contribution in [1.82, 2.24) is 5.32 Å². The first-order valence-corrected chi connectivity index (χ1v) is 7.52. The van der Waals surface area contributed by atoms with Crippen molar-refractivity contribution in [3.63, 3.8) is 0 Å². The molecule has 5 nitrogen and oxygen atoms in total. The van der Waals surface area contributed by atoms with Crippen LogP contribution < -0.4 is 10.1 Å². The molecule has 2 rings (SSSR count). The van der Waals surface area contributed by atoms with Gasteiger partial charge in [0.05, 0.1) is 6.61 Å². The third-order valence-corrected chi connectivity index (χ3v) is 3.65. The monoisotopic (exact) mass is 300 g/mol. The highest BCUT2D eigenvalue weighted by Crippen LogP contribution is 2.27. The SMILES string of the molecule is CCOc1cc(/C=C(/C#N)C(=O)NC2CCCC2)ccc1O. The average molecular weight is 300 g/mol. The molecule has 0 heterocycles. The molecule has 5 heteroatoms. The van der Waals surface area contributed by atoms with Gasteiger partial charge in [0, 0.05) is 6.04 Å². The van der Waals surface area contributed by atoms with Crippen LogP contribution in [0.5, 0.6) is 11.5 Å². The predicted octanol–water partition coefficient (Wildman–Crippen LogP) is 2.76. The molecule has 1 aliphatic rings. The maximum absolute atomic E-state index is 12.1. The molecule has 0 spiro atoms. The summed E-state index contributed by atoms with van der Waals surface area (Å²) in [6.07, 6.45) is 5.68. The van der Waals surface area contributed by atoms with Gasteiger partial charge in [-0.25, -0.2) is 0 Å². The number of nitrogens with zero attached hydrogens (tertiary/aromatic N) is 1. The Kier molecular flexibility index (Phi) is 5.42. The number of hydrogen-bond acceptors (Lipinski definition) is 4. The third-order valence-electron chi connectivity index (χ3n) is 3.65. The zero-order chi connectivity index (χ0) is 15.9. The summed E-state index contributed by atoms with van der Waals surface area (Å²) in [4.78, 5) is 12.1. The van der Waals surface area contributed by atoms with Gasteiger partial charge in [0.15, 0.2) is 11.5 Å². The molecular weight excluding hydrogens is 280 g/mol. The molecule has 1 aromatic rings. The van der Waals surface area contributed by atoms with Crippen molar-refractivity contribution in [2.45, 2.75) is 38.6 Å². The second-order valence-corrected chi connectivity index (χ2v) is 5.28. The highest BCUT2D eigenvalue weighted by Gasteiger charge is 2.19. The number of benzene rings is 1. The largest absolute Gasteiger partial charge is 0.504 e. The van der Waals surface area contributed by atoms with E-state index in [-0.39, 0.29) is 23.3 Å². The Bertz CT molecular complexity index is 611. The first-order chi connectivity index (χ1) is 10.6. The highest BCUT2D eigenvalue weighted by atomic mass is 16.5. The second-order valence-electron chi connectivity index (χ2n) is 5.28. The fourth-order valence-electron chi connectivity index (χ4n) is 2.54. The van der Waals surface area contributed by atoms with Crippen LogP contribution >= 0.6 is 0 Å². The number of phenolic OH excluding ortho intramolecular Hbond substituents is 1. The molecule has 0 saturated heterocycles. The zero-order valence-electron chi connectivity index (χ0n) is 12.6. The van der Waals surface area contributed by atoms with Gasteiger partial charge < -0.3 is 15.2 Å². The van der Waals surface area contributed by atoms with Gasteiger partial charge in [-0.05, 0) is 43.5 Å². The van der Waals surface area contributed by atoms with Crippen LogP contribution in [0.2, 0.25) is 0 Å². The Labute approximate surface area is 130 Å². The van der Waals surface area contributed by atoms with Crippen LogP contribution in [0.15, 0.2) is 23.8 Å². The number of carbonyl (C=O) groups excluding carboxylic acids is 1. The highest BCUT2D eigenvalue weighted by molar-refractivity contribution is 6.01. The molecule has 1 aliphatic carbocycles. The molecule has 0 aromatic heterocycles. The van der Waals surface area contributed by atoms with Crippen molar-refractivity contribution in [3.05, 3.63) is 29.3 Å². The Morgan fingerprint density at radius 1 is 1.50 bits per heavy atom. The quantitative estimate of drug-likeness (QED) is 0.647. The molecule has 0 bridgehead atoms. The summed E-state index contributed by atoms with van der Waals surface area (Å²) < 4.78 is 5.30. The third kappa shape index (κ3) is 4.01. The minimum Gasteiger partial charge on any atom is -0.504 e. The van der Waals surface area contributed by atoms with E-state index in [1.807, 2.05) is 13.0 Å². The first kappa shape index (κ1) is 15.9. The second kappa shape index (κ2) is 7.51. The van der Waals surface area contributed by atoms with E-state index in [1.54, 1.807) is 12.1 Å². The lowest BCUT2D eigenvalue weighted by molar-refractivity contribution is -0.117. The van der Waals surface area contributed by atoms with E-state index in [4.69, 9.17) is 4.74 Å². The van der Waals surface area contributed by atoms with Gasteiger partial charge in [0.2, 0.25) is 0 Å². The number of nitriles is 1. The van der Waals surface area contributed by atoms with E-state index in [1.165, 1.54) is 12.1 Å². The van der Waals surface area contributed by atoms with Crippen molar-refractivity contribution in [2.24, 2.45) is 0 Å². The van der Waals surface area contributed by atoms with Crippen LogP contribution in [0.3, 0.4) is 0 Å². The molecule has 1 amide bonds. The van der Waals surface area contributed by atoms with Crippen molar-refractivity contribution in [3.8, 4) is 17.6 Å². The van der Waals surface area contributed by atoms with Gasteiger partial charge in [0.25, 0.3) is 5.91 Å². The minimum atomic E-state index is -0.347. The maximum Gasteiger partial charge on any atom is 0.262 e. The molecule has 0 unspecified atom stereocenters. The molecule has 1 fully saturated rings. The molecule has 2 N–H and O–H groups in total. The lowest BCUT2D eigenvalue weighted by atomic mass is 10.1. The topological polar surface area (TPSA) is 82.3 Å². The predicted molar refractivity (Wildman–Crippen MR) is 83.3 cm³/mol. The van der Waals surface area contributed by atoms with Crippen molar-refractivity contribution in [1.29, 1.82) is 5.26 Å². The van der Waals surface area contributed by atoms with Crippen LogP contribution in [-0.2, 0) is 4.79 Å². The molecule has 22 heavy (non-hydrogen) atoms. The number of amides is 1. The van der Waals surface area contributed by atoms with E-state index in [0.717, 1.165) is 25.7 Å². The van der Waals surface area contributed by atoms with E-state index < -0.39 is 0 Å². The summed E-state index contributed by atoms with van der Waals surface area (Å²) in [6.45, 7) is 2.24. The number of nitrogens with one attached hydrogen (secondary N) is 1. The molecule has 116 valence electrons. The van der Waals surface area contributed by atoms with Crippen LogP contribution in [-0.4, -0.2) is 23.7 Å². The molecule has 0 radical (unpaired) electrons. The number of ether oxygens (including phenoxy) is 1.